The summed E-state index contributed by atoms with van der Waals surface area (Å²) in [7, 11) is 0. The highest BCUT2D eigenvalue weighted by Crippen LogP contribution is 2.00. The zero-order valence-electron chi connectivity index (χ0n) is 14.8. The van der Waals surface area contributed by atoms with Gasteiger partial charge in [0.15, 0.2) is 0 Å². The van der Waals surface area contributed by atoms with Gasteiger partial charge in [-0.3, -0.25) is 0 Å². The lowest BCUT2D eigenvalue weighted by Gasteiger charge is -2.04. The van der Waals surface area contributed by atoms with Gasteiger partial charge in [0.2, 0.25) is 0 Å². The summed E-state index contributed by atoms with van der Waals surface area (Å²) in [5.74, 6) is -0.960. The second kappa shape index (κ2) is 15.0. The van der Waals surface area contributed by atoms with E-state index in [1.165, 1.54) is 0 Å². The predicted molar refractivity (Wildman–Crippen MR) is 97.7 cm³/mol. The van der Waals surface area contributed by atoms with Gasteiger partial charge in [0, 0.05) is 0 Å². The molecule has 0 atom stereocenters. The summed E-state index contributed by atoms with van der Waals surface area (Å²) in [6.45, 7) is 2.05. The Morgan fingerprint density at radius 2 is 1.19 bits per heavy atom. The highest BCUT2D eigenvalue weighted by atomic mass is 16.5. The van der Waals surface area contributed by atoms with Crippen LogP contribution in [0.25, 0.3) is 0 Å². The second-order valence-electron chi connectivity index (χ2n) is 5.25. The Bertz CT molecular complexity index is 573. The normalized spacial score (nSPS) is 10.0. The molecule has 0 bridgehead atoms. The van der Waals surface area contributed by atoms with Gasteiger partial charge in [0.05, 0.1) is 39.6 Å². The molecule has 0 fully saturated rings. The molecule has 6 nitrogen and oxygen atoms in total. The van der Waals surface area contributed by atoms with Crippen molar-refractivity contribution in [2.45, 2.75) is 13.2 Å². The van der Waals surface area contributed by atoms with Gasteiger partial charge in [-0.15, -0.1) is 0 Å². The van der Waals surface area contributed by atoms with Crippen molar-refractivity contribution in [3.05, 3.63) is 71.8 Å². The number of hydrogen-bond donors (Lipinski definition) is 2. The van der Waals surface area contributed by atoms with Gasteiger partial charge in [-0.25, -0.2) is 4.79 Å². The Balaban J connectivity index is 0.000000273. The molecule has 0 radical (unpaired) electrons. The maximum atomic E-state index is 10.1. The van der Waals surface area contributed by atoms with Crippen LogP contribution in [0.15, 0.2) is 60.7 Å². The lowest BCUT2D eigenvalue weighted by Crippen LogP contribution is -2.11. The standard InChI is InChI=1S/C11H14O4.C9H12O2/c12-11(13)9-15-7-6-14-8-10-4-2-1-3-5-10;10-6-7-11-8-9-4-2-1-3-5-9/h1-5H,6-9H2,(H,12,13);1-5,10H,6-8H2. The first-order valence-corrected chi connectivity index (χ1v) is 8.36. The number of aliphatic hydroxyl groups is 1. The maximum absolute atomic E-state index is 10.1. The van der Waals surface area contributed by atoms with Crippen molar-refractivity contribution in [2.75, 3.05) is 33.0 Å². The summed E-state index contributed by atoms with van der Waals surface area (Å²) in [5.41, 5.74) is 2.23. The van der Waals surface area contributed by atoms with Crippen LogP contribution in [-0.4, -0.2) is 49.2 Å². The molecular formula is C20H26O6. The molecule has 6 heteroatoms. The van der Waals surface area contributed by atoms with Crippen molar-refractivity contribution in [3.8, 4) is 0 Å². The molecule has 0 amide bonds. The minimum absolute atomic E-state index is 0.0901. The average Bonchev–Trinajstić information content (AvgIpc) is 2.67. The molecule has 26 heavy (non-hydrogen) atoms. The Morgan fingerprint density at radius 1 is 0.731 bits per heavy atom. The highest BCUT2D eigenvalue weighted by molar-refractivity contribution is 5.67. The maximum Gasteiger partial charge on any atom is 0.329 e. The number of carboxylic acid groups (broad SMARTS) is 1. The van der Waals surface area contributed by atoms with E-state index in [2.05, 4.69) is 0 Å². The molecule has 2 N–H and O–H groups in total. The molecule has 142 valence electrons. The Morgan fingerprint density at radius 3 is 1.65 bits per heavy atom. The molecule has 0 heterocycles. The number of carboxylic acids is 1. The van der Waals surface area contributed by atoms with E-state index in [0.717, 1.165) is 11.1 Å². The fourth-order valence-electron chi connectivity index (χ4n) is 1.87. The van der Waals surface area contributed by atoms with Crippen molar-refractivity contribution in [1.29, 1.82) is 0 Å². The summed E-state index contributed by atoms with van der Waals surface area (Å²) in [4.78, 5) is 10.1. The van der Waals surface area contributed by atoms with Crippen molar-refractivity contribution in [3.63, 3.8) is 0 Å². The Labute approximate surface area is 154 Å². The van der Waals surface area contributed by atoms with Gasteiger partial charge >= 0.3 is 5.97 Å². The van der Waals surface area contributed by atoms with Crippen LogP contribution in [0, 0.1) is 0 Å². The van der Waals surface area contributed by atoms with Crippen LogP contribution < -0.4 is 0 Å². The largest absolute Gasteiger partial charge is 0.480 e. The van der Waals surface area contributed by atoms with E-state index in [1.807, 2.05) is 60.7 Å². The zero-order valence-corrected chi connectivity index (χ0v) is 14.8. The van der Waals surface area contributed by atoms with Crippen LogP contribution in [0.3, 0.4) is 0 Å². The van der Waals surface area contributed by atoms with E-state index in [4.69, 9.17) is 24.4 Å². The topological polar surface area (TPSA) is 85.2 Å². The number of aliphatic carboxylic acids is 1. The molecule has 0 spiro atoms. The summed E-state index contributed by atoms with van der Waals surface area (Å²) < 4.78 is 15.2. The number of hydrogen-bond acceptors (Lipinski definition) is 5. The molecule has 0 aliphatic carbocycles. The van der Waals surface area contributed by atoms with Gasteiger partial charge in [0.1, 0.15) is 6.61 Å². The van der Waals surface area contributed by atoms with E-state index in [1.54, 1.807) is 0 Å². The number of ether oxygens (including phenoxy) is 3. The van der Waals surface area contributed by atoms with Crippen molar-refractivity contribution in [2.24, 2.45) is 0 Å². The van der Waals surface area contributed by atoms with Gasteiger partial charge in [-0.2, -0.15) is 0 Å². The fraction of sp³-hybridized carbons (Fsp3) is 0.350. The second-order valence-corrected chi connectivity index (χ2v) is 5.25. The first kappa shape index (κ1) is 21.8. The first-order valence-electron chi connectivity index (χ1n) is 8.36. The molecule has 2 rings (SSSR count). The van der Waals surface area contributed by atoms with E-state index in [9.17, 15) is 4.79 Å². The van der Waals surface area contributed by atoms with Crippen LogP contribution in [0.1, 0.15) is 11.1 Å². The summed E-state index contributed by atoms with van der Waals surface area (Å²) in [6, 6.07) is 19.7. The quantitative estimate of drug-likeness (QED) is 0.598. The molecular weight excluding hydrogens is 336 g/mol. The van der Waals surface area contributed by atoms with E-state index in [-0.39, 0.29) is 13.2 Å². The summed E-state index contributed by atoms with van der Waals surface area (Å²) in [5, 5.41) is 16.7. The van der Waals surface area contributed by atoms with Crippen LogP contribution in [0.2, 0.25) is 0 Å². The van der Waals surface area contributed by atoms with E-state index < -0.39 is 5.97 Å². The van der Waals surface area contributed by atoms with Crippen LogP contribution in [0.4, 0.5) is 0 Å². The number of rotatable bonds is 11. The molecule has 0 unspecified atom stereocenters. The zero-order chi connectivity index (χ0) is 18.9. The van der Waals surface area contributed by atoms with Gasteiger partial charge in [-0.05, 0) is 11.1 Å². The number of carbonyl (C=O) groups is 1. The van der Waals surface area contributed by atoms with Crippen LogP contribution >= 0.6 is 0 Å². The van der Waals surface area contributed by atoms with Gasteiger partial charge < -0.3 is 24.4 Å². The first-order chi connectivity index (χ1) is 12.7. The van der Waals surface area contributed by atoms with Crippen molar-refractivity contribution < 1.29 is 29.2 Å². The molecule has 0 aromatic heterocycles. The third kappa shape index (κ3) is 12.2. The van der Waals surface area contributed by atoms with Gasteiger partial charge in [-0.1, -0.05) is 60.7 Å². The van der Waals surface area contributed by atoms with E-state index in [0.29, 0.717) is 33.0 Å². The lowest BCUT2D eigenvalue weighted by atomic mass is 10.2. The van der Waals surface area contributed by atoms with Crippen LogP contribution in [0.5, 0.6) is 0 Å². The summed E-state index contributed by atoms with van der Waals surface area (Å²) in [6.07, 6.45) is 0. The van der Waals surface area contributed by atoms with Crippen molar-refractivity contribution >= 4 is 5.97 Å². The van der Waals surface area contributed by atoms with E-state index >= 15 is 0 Å². The third-order valence-electron chi connectivity index (χ3n) is 3.06. The Hall–Kier alpha value is -2.25. The van der Waals surface area contributed by atoms with Gasteiger partial charge in [0.25, 0.3) is 0 Å². The molecule has 2 aromatic carbocycles. The molecule has 2 aromatic rings. The van der Waals surface area contributed by atoms with Crippen molar-refractivity contribution in [1.82, 2.24) is 0 Å². The predicted octanol–water partition coefficient (Wildman–Crippen LogP) is 2.50. The minimum Gasteiger partial charge on any atom is -0.480 e. The molecule has 0 aliphatic rings. The highest BCUT2D eigenvalue weighted by Gasteiger charge is 1.96. The average molecular weight is 362 g/mol. The fourth-order valence-corrected chi connectivity index (χ4v) is 1.87. The smallest absolute Gasteiger partial charge is 0.329 e. The number of aliphatic hydroxyl groups excluding tert-OH is 1. The Kier molecular flexibility index (Phi) is 12.6. The molecule has 0 aliphatic heterocycles. The molecule has 0 saturated heterocycles. The lowest BCUT2D eigenvalue weighted by molar-refractivity contribution is -0.142. The minimum atomic E-state index is -0.960. The third-order valence-corrected chi connectivity index (χ3v) is 3.06. The number of benzene rings is 2. The monoisotopic (exact) mass is 362 g/mol. The molecule has 0 saturated carbocycles. The SMILES string of the molecule is O=C(O)COCCOCc1ccccc1.OCCOCc1ccccc1. The summed E-state index contributed by atoms with van der Waals surface area (Å²) >= 11 is 0. The van der Waals surface area contributed by atoms with Crippen LogP contribution in [-0.2, 0) is 32.2 Å².